The average molecular weight is 306 g/mol. The molecular weight excluding hydrogens is 285 g/mol. The Balaban J connectivity index is 2.73. The van der Waals surface area contributed by atoms with Crippen molar-refractivity contribution in [2.75, 3.05) is 7.11 Å². The van der Waals surface area contributed by atoms with Gasteiger partial charge in [-0.3, -0.25) is 11.3 Å². The first-order valence-electron chi connectivity index (χ1n) is 6.60. The summed E-state index contributed by atoms with van der Waals surface area (Å²) < 4.78 is 45.5. The number of hydrogen-bond acceptors (Lipinski definition) is 4. The first-order chi connectivity index (χ1) is 9.76. The highest BCUT2D eigenvalue weighted by atomic mass is 19.4. The van der Waals surface area contributed by atoms with Crippen LogP contribution in [-0.2, 0) is 11.2 Å². The molecule has 0 amide bonds. The van der Waals surface area contributed by atoms with Crippen LogP contribution in [0.5, 0.6) is 5.75 Å². The lowest BCUT2D eigenvalue weighted by Gasteiger charge is -2.28. The normalized spacial score (nSPS) is 15.0. The lowest BCUT2D eigenvalue weighted by Crippen LogP contribution is -2.48. The molecule has 0 aliphatic rings. The minimum Gasteiger partial charge on any atom is -0.406 e. The first-order valence-corrected chi connectivity index (χ1v) is 6.60. The molecule has 1 rings (SSSR count). The van der Waals surface area contributed by atoms with Gasteiger partial charge in [0.05, 0.1) is 12.1 Å². The summed E-state index contributed by atoms with van der Waals surface area (Å²) in [5, 5.41) is 0. The third-order valence-electron chi connectivity index (χ3n) is 3.15. The Morgan fingerprint density at radius 1 is 1.19 bits per heavy atom. The highest BCUT2D eigenvalue weighted by molar-refractivity contribution is 5.28. The van der Waals surface area contributed by atoms with Gasteiger partial charge in [-0.15, -0.1) is 13.2 Å². The van der Waals surface area contributed by atoms with Crippen molar-refractivity contribution in [3.05, 3.63) is 29.8 Å². The van der Waals surface area contributed by atoms with Crippen LogP contribution in [0.2, 0.25) is 0 Å². The van der Waals surface area contributed by atoms with Crippen molar-refractivity contribution in [2.45, 2.75) is 38.8 Å². The zero-order valence-corrected chi connectivity index (χ0v) is 12.3. The Morgan fingerprint density at radius 2 is 1.76 bits per heavy atom. The average Bonchev–Trinajstić information content (AvgIpc) is 2.38. The van der Waals surface area contributed by atoms with E-state index in [-0.39, 0.29) is 23.8 Å². The van der Waals surface area contributed by atoms with Crippen molar-refractivity contribution < 1.29 is 22.6 Å². The molecule has 0 radical (unpaired) electrons. The zero-order valence-electron chi connectivity index (χ0n) is 12.3. The molecule has 0 aliphatic heterocycles. The maximum atomic E-state index is 12.1. The van der Waals surface area contributed by atoms with Crippen molar-refractivity contribution in [3.63, 3.8) is 0 Å². The highest BCUT2D eigenvalue weighted by Gasteiger charge is 2.31. The predicted molar refractivity (Wildman–Crippen MR) is 73.6 cm³/mol. The fraction of sp³-hybridized carbons (Fsp3) is 0.571. The molecule has 21 heavy (non-hydrogen) atoms. The number of alkyl halides is 3. The summed E-state index contributed by atoms with van der Waals surface area (Å²) >= 11 is 0. The summed E-state index contributed by atoms with van der Waals surface area (Å²) in [5.74, 6) is 5.56. The number of halogens is 3. The summed E-state index contributed by atoms with van der Waals surface area (Å²) in [4.78, 5) is 0. The van der Waals surface area contributed by atoms with E-state index in [1.165, 1.54) is 12.1 Å². The first kappa shape index (κ1) is 17.7. The second-order valence-electron chi connectivity index (χ2n) is 5.11. The van der Waals surface area contributed by atoms with Crippen LogP contribution in [0.25, 0.3) is 0 Å². The maximum absolute atomic E-state index is 12.1. The van der Waals surface area contributed by atoms with Crippen LogP contribution in [0.3, 0.4) is 0 Å². The van der Waals surface area contributed by atoms with Gasteiger partial charge in [-0.2, -0.15) is 0 Å². The molecule has 0 saturated carbocycles. The molecule has 0 fully saturated rings. The van der Waals surface area contributed by atoms with Gasteiger partial charge in [0.25, 0.3) is 0 Å². The molecular formula is C14H21F3N2O2. The van der Waals surface area contributed by atoms with Crippen LogP contribution in [0.1, 0.15) is 19.4 Å². The van der Waals surface area contributed by atoms with Crippen molar-refractivity contribution in [2.24, 2.45) is 11.8 Å². The van der Waals surface area contributed by atoms with Gasteiger partial charge in [-0.25, -0.2) is 0 Å². The number of benzene rings is 1. The van der Waals surface area contributed by atoms with Crippen molar-refractivity contribution in [3.8, 4) is 5.75 Å². The monoisotopic (exact) mass is 306 g/mol. The molecule has 3 N–H and O–H groups in total. The number of hydrogen-bond donors (Lipinski definition) is 2. The van der Waals surface area contributed by atoms with E-state index in [1.54, 1.807) is 19.2 Å². The van der Waals surface area contributed by atoms with Crippen LogP contribution in [0, 0.1) is 5.92 Å². The van der Waals surface area contributed by atoms with Crippen molar-refractivity contribution in [1.29, 1.82) is 0 Å². The third-order valence-corrected chi connectivity index (χ3v) is 3.15. The molecule has 0 heterocycles. The summed E-state index contributed by atoms with van der Waals surface area (Å²) in [6.45, 7) is 4.03. The Kier molecular flexibility index (Phi) is 6.44. The minimum atomic E-state index is -4.68. The smallest absolute Gasteiger partial charge is 0.406 e. The van der Waals surface area contributed by atoms with Crippen LogP contribution >= 0.6 is 0 Å². The summed E-state index contributed by atoms with van der Waals surface area (Å²) in [7, 11) is 1.61. The Morgan fingerprint density at radius 3 is 2.14 bits per heavy atom. The van der Waals surface area contributed by atoms with Gasteiger partial charge in [0.2, 0.25) is 0 Å². The van der Waals surface area contributed by atoms with Crippen LogP contribution < -0.4 is 16.0 Å². The van der Waals surface area contributed by atoms with Crippen LogP contribution in [0.4, 0.5) is 13.2 Å². The summed E-state index contributed by atoms with van der Waals surface area (Å²) in [5.41, 5.74) is 3.54. The van der Waals surface area contributed by atoms with Gasteiger partial charge in [-0.1, -0.05) is 26.0 Å². The SMILES string of the molecule is COC(C(C)C)C(Cc1ccc(OC(F)(F)F)cc1)NN. The number of nitrogens with two attached hydrogens (primary N) is 1. The number of hydrazine groups is 1. The zero-order chi connectivity index (χ0) is 16.0. The molecule has 4 nitrogen and oxygen atoms in total. The molecule has 0 spiro atoms. The molecule has 0 bridgehead atoms. The molecule has 1 aromatic rings. The molecule has 7 heteroatoms. The second-order valence-corrected chi connectivity index (χ2v) is 5.11. The van der Waals surface area contributed by atoms with Crippen LogP contribution in [0.15, 0.2) is 24.3 Å². The van der Waals surface area contributed by atoms with Gasteiger partial charge >= 0.3 is 6.36 Å². The fourth-order valence-electron chi connectivity index (χ4n) is 2.25. The number of ether oxygens (including phenoxy) is 2. The van der Waals surface area contributed by atoms with E-state index >= 15 is 0 Å². The van der Waals surface area contributed by atoms with E-state index in [2.05, 4.69) is 10.2 Å². The molecule has 0 aliphatic carbocycles. The summed E-state index contributed by atoms with van der Waals surface area (Å²) in [6.07, 6.45) is -4.23. The van der Waals surface area contributed by atoms with E-state index < -0.39 is 6.36 Å². The molecule has 2 atom stereocenters. The van der Waals surface area contributed by atoms with E-state index in [1.807, 2.05) is 13.8 Å². The number of methoxy groups -OCH3 is 1. The maximum Gasteiger partial charge on any atom is 0.573 e. The topological polar surface area (TPSA) is 56.5 Å². The predicted octanol–water partition coefficient (Wildman–Crippen LogP) is 2.63. The number of nitrogens with one attached hydrogen (secondary N) is 1. The standard InChI is InChI=1S/C14H21F3N2O2/c1-9(2)13(20-3)12(19-18)8-10-4-6-11(7-5-10)21-14(15,16)17/h4-7,9,12-13,19H,8,18H2,1-3H3. The Hall–Kier alpha value is -1.31. The Labute approximate surface area is 122 Å². The second kappa shape index (κ2) is 7.63. The van der Waals surface area contributed by atoms with E-state index in [4.69, 9.17) is 10.6 Å². The van der Waals surface area contributed by atoms with Gasteiger partial charge in [0, 0.05) is 7.11 Å². The Bertz CT molecular complexity index is 421. The van der Waals surface area contributed by atoms with E-state index in [9.17, 15) is 13.2 Å². The summed E-state index contributed by atoms with van der Waals surface area (Å²) in [6, 6.07) is 5.60. The van der Waals surface area contributed by atoms with Crippen molar-refractivity contribution >= 4 is 0 Å². The van der Waals surface area contributed by atoms with Gasteiger partial charge in [0.15, 0.2) is 0 Å². The van der Waals surface area contributed by atoms with Gasteiger partial charge in [0.1, 0.15) is 5.75 Å². The van der Waals surface area contributed by atoms with E-state index in [0.717, 1.165) is 5.56 Å². The molecule has 1 aromatic carbocycles. The number of rotatable bonds is 7. The quantitative estimate of drug-likeness (QED) is 0.600. The molecule has 0 aromatic heterocycles. The van der Waals surface area contributed by atoms with E-state index in [0.29, 0.717) is 6.42 Å². The highest BCUT2D eigenvalue weighted by Crippen LogP contribution is 2.23. The van der Waals surface area contributed by atoms with Crippen molar-refractivity contribution in [1.82, 2.24) is 5.43 Å². The lowest BCUT2D eigenvalue weighted by molar-refractivity contribution is -0.274. The van der Waals surface area contributed by atoms with Crippen LogP contribution in [-0.4, -0.2) is 25.6 Å². The van der Waals surface area contributed by atoms with Gasteiger partial charge < -0.3 is 9.47 Å². The molecule has 2 unspecified atom stereocenters. The van der Waals surface area contributed by atoms with Gasteiger partial charge in [-0.05, 0) is 30.0 Å². The molecule has 0 saturated heterocycles. The lowest BCUT2D eigenvalue weighted by atomic mass is 9.94. The largest absolute Gasteiger partial charge is 0.573 e. The third kappa shape index (κ3) is 5.91. The fourth-order valence-corrected chi connectivity index (χ4v) is 2.25. The molecule has 120 valence electrons. The minimum absolute atomic E-state index is 0.0962.